The number of benzene rings is 2. The number of quaternary nitrogens is 1. The second kappa shape index (κ2) is 6.78. The fourth-order valence-electron chi connectivity index (χ4n) is 3.67. The van der Waals surface area contributed by atoms with Crippen molar-refractivity contribution in [3.8, 4) is 23.0 Å². The van der Waals surface area contributed by atoms with Gasteiger partial charge in [-0.05, 0) is 29.8 Å². The summed E-state index contributed by atoms with van der Waals surface area (Å²) in [4.78, 5) is 1.32. The maximum atomic E-state index is 6.20. The van der Waals surface area contributed by atoms with E-state index in [2.05, 4.69) is 18.4 Å². The van der Waals surface area contributed by atoms with Gasteiger partial charge in [0, 0.05) is 11.4 Å². The fourth-order valence-corrected chi connectivity index (χ4v) is 3.84. The molecule has 6 nitrogen and oxygen atoms in total. The topological polar surface area (TPSA) is 53.4 Å². The van der Waals surface area contributed by atoms with E-state index in [9.17, 15) is 0 Å². The minimum atomic E-state index is -0.0319. The minimum Gasteiger partial charge on any atom is -0.495 e. The first-order valence-electron chi connectivity index (χ1n) is 8.54. The minimum absolute atomic E-state index is 0.0319. The van der Waals surface area contributed by atoms with Crippen LogP contribution in [0.1, 0.15) is 17.3 Å². The maximum absolute atomic E-state index is 6.20. The Kier molecular flexibility index (Phi) is 4.46. The number of fused-ring (bicyclic) bond motifs is 2. The van der Waals surface area contributed by atoms with Crippen molar-refractivity contribution in [1.82, 2.24) is 0 Å². The van der Waals surface area contributed by atoms with Gasteiger partial charge in [0.15, 0.2) is 17.7 Å². The van der Waals surface area contributed by atoms with Crippen LogP contribution in [0.5, 0.6) is 23.0 Å². The second-order valence-electron chi connectivity index (χ2n) is 6.48. The van der Waals surface area contributed by atoms with Crippen LogP contribution < -0.4 is 29.2 Å². The standard InChI is InChI=1S/C19H21ClN2O4/c1-22-7-6-11-8-15-17(26-10-25-15)18(24-3)16(11)19(22)21-13-9-12(20)4-5-14(13)23-2/h4-5,8-9,19,21H,6-7,10H2,1-3H3/p+1/t19-/m1/s1. The van der Waals surface area contributed by atoms with E-state index < -0.39 is 0 Å². The summed E-state index contributed by atoms with van der Waals surface area (Å²) in [6.07, 6.45) is 0.912. The summed E-state index contributed by atoms with van der Waals surface area (Å²) in [5.41, 5.74) is 3.13. The molecule has 2 aromatic rings. The Bertz CT molecular complexity index is 843. The average molecular weight is 378 g/mol. The van der Waals surface area contributed by atoms with Gasteiger partial charge in [-0.1, -0.05) is 11.6 Å². The molecule has 2 heterocycles. The number of anilines is 1. The van der Waals surface area contributed by atoms with Crippen molar-refractivity contribution in [2.75, 3.05) is 39.9 Å². The number of rotatable bonds is 4. The molecule has 7 heteroatoms. The highest BCUT2D eigenvalue weighted by molar-refractivity contribution is 6.30. The Morgan fingerprint density at radius 2 is 2.04 bits per heavy atom. The van der Waals surface area contributed by atoms with E-state index >= 15 is 0 Å². The van der Waals surface area contributed by atoms with E-state index in [1.165, 1.54) is 10.5 Å². The largest absolute Gasteiger partial charge is 0.495 e. The average Bonchev–Trinajstić information content (AvgIpc) is 3.10. The van der Waals surface area contributed by atoms with Gasteiger partial charge in [0.05, 0.1) is 39.1 Å². The highest BCUT2D eigenvalue weighted by atomic mass is 35.5. The zero-order valence-electron chi connectivity index (χ0n) is 15.0. The van der Waals surface area contributed by atoms with Crippen LogP contribution in [0.4, 0.5) is 5.69 Å². The molecule has 0 bridgehead atoms. The molecule has 2 aromatic carbocycles. The van der Waals surface area contributed by atoms with Crippen LogP contribution in [-0.2, 0) is 6.42 Å². The maximum Gasteiger partial charge on any atom is 0.231 e. The summed E-state index contributed by atoms with van der Waals surface area (Å²) < 4.78 is 22.5. The quantitative estimate of drug-likeness (QED) is 0.856. The number of hydrogen-bond acceptors (Lipinski definition) is 5. The molecule has 0 amide bonds. The smallest absolute Gasteiger partial charge is 0.231 e. The van der Waals surface area contributed by atoms with Crippen LogP contribution in [0.15, 0.2) is 24.3 Å². The predicted octanol–water partition coefficient (Wildman–Crippen LogP) is 2.27. The highest BCUT2D eigenvalue weighted by Crippen LogP contribution is 2.47. The van der Waals surface area contributed by atoms with Crippen molar-refractivity contribution in [2.24, 2.45) is 0 Å². The molecule has 1 unspecified atom stereocenters. The summed E-state index contributed by atoms with van der Waals surface area (Å²) in [5, 5.41) is 4.24. The number of nitrogens with one attached hydrogen (secondary N) is 2. The van der Waals surface area contributed by atoms with Crippen molar-refractivity contribution in [3.05, 3.63) is 40.4 Å². The lowest BCUT2D eigenvalue weighted by molar-refractivity contribution is -0.910. The van der Waals surface area contributed by atoms with Crippen molar-refractivity contribution >= 4 is 17.3 Å². The van der Waals surface area contributed by atoms with Gasteiger partial charge in [-0.25, -0.2) is 0 Å². The lowest BCUT2D eigenvalue weighted by Gasteiger charge is -2.34. The molecule has 4 rings (SSSR count). The van der Waals surface area contributed by atoms with E-state index in [4.69, 9.17) is 30.5 Å². The Hall–Kier alpha value is -2.31. The van der Waals surface area contributed by atoms with Crippen LogP contribution in [0.25, 0.3) is 0 Å². The first kappa shape index (κ1) is 17.1. The van der Waals surface area contributed by atoms with Gasteiger partial charge < -0.3 is 29.2 Å². The van der Waals surface area contributed by atoms with E-state index in [1.54, 1.807) is 14.2 Å². The summed E-state index contributed by atoms with van der Waals surface area (Å²) in [6, 6.07) is 7.62. The number of hydrogen-bond donors (Lipinski definition) is 2. The first-order valence-corrected chi connectivity index (χ1v) is 8.92. The molecule has 0 saturated heterocycles. The molecular weight excluding hydrogens is 356 g/mol. The van der Waals surface area contributed by atoms with Crippen LogP contribution in [0.3, 0.4) is 0 Å². The molecule has 0 saturated carbocycles. The number of methoxy groups -OCH3 is 2. The van der Waals surface area contributed by atoms with Gasteiger partial charge in [-0.2, -0.15) is 0 Å². The second-order valence-corrected chi connectivity index (χ2v) is 6.92. The molecule has 0 aromatic heterocycles. The van der Waals surface area contributed by atoms with Gasteiger partial charge in [0.1, 0.15) is 5.75 Å². The van der Waals surface area contributed by atoms with E-state index in [0.717, 1.165) is 41.5 Å². The Labute approximate surface area is 157 Å². The Morgan fingerprint density at radius 1 is 1.19 bits per heavy atom. The molecule has 0 spiro atoms. The molecule has 2 atom stereocenters. The molecular formula is C19H22ClN2O4+. The van der Waals surface area contributed by atoms with Gasteiger partial charge >= 0.3 is 0 Å². The van der Waals surface area contributed by atoms with E-state index in [0.29, 0.717) is 10.8 Å². The summed E-state index contributed by atoms with van der Waals surface area (Å²) in [5.74, 6) is 2.90. The van der Waals surface area contributed by atoms with Gasteiger partial charge in [-0.15, -0.1) is 0 Å². The van der Waals surface area contributed by atoms with Crippen molar-refractivity contribution < 1.29 is 23.8 Å². The zero-order chi connectivity index (χ0) is 18.3. The third-order valence-electron chi connectivity index (χ3n) is 4.98. The van der Waals surface area contributed by atoms with E-state index in [1.807, 2.05) is 18.2 Å². The summed E-state index contributed by atoms with van der Waals surface area (Å²) in [6.45, 7) is 1.20. The number of likely N-dealkylation sites (N-methyl/N-ethyl adjacent to an activating group) is 1. The number of halogens is 1. The van der Waals surface area contributed by atoms with Crippen LogP contribution >= 0.6 is 11.6 Å². The van der Waals surface area contributed by atoms with Gasteiger partial charge in [0.25, 0.3) is 0 Å². The van der Waals surface area contributed by atoms with Gasteiger partial charge in [-0.3, -0.25) is 0 Å². The SMILES string of the molecule is COc1ccc(Cl)cc1N[C@H]1c2c(cc3c(c2OC)OCO3)CC[NH+]1C. The highest BCUT2D eigenvalue weighted by Gasteiger charge is 2.36. The van der Waals surface area contributed by atoms with Crippen LogP contribution in [0, 0.1) is 0 Å². The van der Waals surface area contributed by atoms with Crippen LogP contribution in [-0.4, -0.2) is 34.6 Å². The molecule has 138 valence electrons. The first-order chi connectivity index (χ1) is 12.6. The van der Waals surface area contributed by atoms with Crippen molar-refractivity contribution in [2.45, 2.75) is 12.6 Å². The van der Waals surface area contributed by atoms with Crippen LogP contribution in [0.2, 0.25) is 5.02 Å². The summed E-state index contributed by atoms with van der Waals surface area (Å²) in [7, 11) is 5.47. The lowest BCUT2D eigenvalue weighted by Crippen LogP contribution is -3.11. The molecule has 0 aliphatic carbocycles. The zero-order valence-corrected chi connectivity index (χ0v) is 15.8. The normalized spacial score (nSPS) is 20.5. The third kappa shape index (κ3) is 2.79. The van der Waals surface area contributed by atoms with E-state index in [-0.39, 0.29) is 13.0 Å². The third-order valence-corrected chi connectivity index (χ3v) is 5.21. The molecule has 26 heavy (non-hydrogen) atoms. The summed E-state index contributed by atoms with van der Waals surface area (Å²) >= 11 is 6.20. The van der Waals surface area contributed by atoms with Crippen molar-refractivity contribution in [3.63, 3.8) is 0 Å². The predicted molar refractivity (Wildman–Crippen MR) is 98.9 cm³/mol. The molecule has 2 aliphatic rings. The Morgan fingerprint density at radius 3 is 2.81 bits per heavy atom. The van der Waals surface area contributed by atoms with Gasteiger partial charge in [0.2, 0.25) is 12.5 Å². The molecule has 2 N–H and O–H groups in total. The monoisotopic (exact) mass is 377 g/mol. The molecule has 0 radical (unpaired) electrons. The molecule has 0 fully saturated rings. The lowest BCUT2D eigenvalue weighted by atomic mass is 9.94. The number of ether oxygens (including phenoxy) is 4. The molecule has 2 aliphatic heterocycles. The van der Waals surface area contributed by atoms with Crippen molar-refractivity contribution in [1.29, 1.82) is 0 Å². The Balaban J connectivity index is 1.81. The fraction of sp³-hybridized carbons (Fsp3) is 0.368.